The van der Waals surface area contributed by atoms with Gasteiger partial charge in [0.2, 0.25) is 0 Å². The molecule has 1 aliphatic carbocycles. The van der Waals surface area contributed by atoms with E-state index in [1.54, 1.807) is 0 Å². The van der Waals surface area contributed by atoms with Gasteiger partial charge in [-0.15, -0.1) is 0 Å². The van der Waals surface area contributed by atoms with Crippen LogP contribution in [0.1, 0.15) is 53.4 Å². The molecule has 0 bridgehead atoms. The Labute approximate surface area is 92.4 Å². The maximum atomic E-state index is 11.9. The molecule has 0 spiro atoms. The Morgan fingerprint density at radius 2 is 2.07 bits per heavy atom. The Balaban J connectivity index is 2.64. The first kappa shape index (κ1) is 12.5. The number of hydrogen-bond acceptors (Lipinski definition) is 3. The minimum absolute atomic E-state index is 0.235. The summed E-state index contributed by atoms with van der Waals surface area (Å²) in [7, 11) is 0. The van der Waals surface area contributed by atoms with Crippen molar-refractivity contribution >= 4 is 5.97 Å². The van der Waals surface area contributed by atoms with Gasteiger partial charge in [0.15, 0.2) is 0 Å². The van der Waals surface area contributed by atoms with Crippen LogP contribution in [0.3, 0.4) is 0 Å². The molecule has 15 heavy (non-hydrogen) atoms. The first-order valence-electron chi connectivity index (χ1n) is 5.75. The van der Waals surface area contributed by atoms with E-state index < -0.39 is 11.1 Å². The van der Waals surface area contributed by atoms with Crippen molar-refractivity contribution in [1.82, 2.24) is 0 Å². The minimum atomic E-state index is -0.745. The normalized spacial score (nSPS) is 32.5. The highest BCUT2D eigenvalue weighted by Gasteiger charge is 2.40. The molecule has 0 unspecified atom stereocenters. The smallest absolute Gasteiger partial charge is 0.326 e. The number of rotatable bonds is 1. The van der Waals surface area contributed by atoms with E-state index in [0.717, 1.165) is 19.3 Å². The molecular weight excluding hydrogens is 190 g/mol. The Bertz CT molecular complexity index is 244. The highest BCUT2D eigenvalue weighted by molar-refractivity contribution is 5.81. The van der Waals surface area contributed by atoms with Crippen LogP contribution in [-0.4, -0.2) is 17.1 Å². The highest BCUT2D eigenvalue weighted by atomic mass is 16.6. The SMILES string of the molecule is C[C@H]1CCC[C@@](N)(C(=O)OC(C)(C)C)C1. The molecule has 1 rings (SSSR count). The molecular formula is C12H23NO2. The van der Waals surface area contributed by atoms with Gasteiger partial charge in [-0.25, -0.2) is 0 Å². The summed E-state index contributed by atoms with van der Waals surface area (Å²) < 4.78 is 5.36. The molecule has 0 aliphatic heterocycles. The summed E-state index contributed by atoms with van der Waals surface area (Å²) in [6.45, 7) is 7.77. The molecule has 2 N–H and O–H groups in total. The molecule has 1 aliphatic rings. The van der Waals surface area contributed by atoms with Crippen LogP contribution < -0.4 is 5.73 Å². The summed E-state index contributed by atoms with van der Waals surface area (Å²) >= 11 is 0. The number of hydrogen-bond donors (Lipinski definition) is 1. The van der Waals surface area contributed by atoms with Crippen molar-refractivity contribution in [3.63, 3.8) is 0 Å². The fraction of sp³-hybridized carbons (Fsp3) is 0.917. The van der Waals surface area contributed by atoms with E-state index in [1.165, 1.54) is 6.42 Å². The summed E-state index contributed by atoms with van der Waals surface area (Å²) in [5.74, 6) is 0.290. The van der Waals surface area contributed by atoms with Crippen LogP contribution in [0.4, 0.5) is 0 Å². The summed E-state index contributed by atoms with van der Waals surface area (Å²) in [6, 6.07) is 0. The standard InChI is InChI=1S/C12H23NO2/c1-9-6-5-7-12(13,8-9)10(14)15-11(2,3)4/h9H,5-8,13H2,1-4H3/t9-,12-/m0/s1. The maximum absolute atomic E-state index is 11.9. The van der Waals surface area contributed by atoms with Crippen molar-refractivity contribution in [3.8, 4) is 0 Å². The van der Waals surface area contributed by atoms with E-state index in [4.69, 9.17) is 10.5 Å². The molecule has 3 nitrogen and oxygen atoms in total. The molecule has 2 atom stereocenters. The van der Waals surface area contributed by atoms with Crippen LogP contribution in [0.5, 0.6) is 0 Å². The van der Waals surface area contributed by atoms with Crippen LogP contribution in [0.2, 0.25) is 0 Å². The van der Waals surface area contributed by atoms with E-state index in [9.17, 15) is 4.79 Å². The van der Waals surface area contributed by atoms with E-state index in [1.807, 2.05) is 20.8 Å². The second-order valence-corrected chi connectivity index (χ2v) is 5.86. The number of nitrogens with two attached hydrogens (primary N) is 1. The topological polar surface area (TPSA) is 52.3 Å². The van der Waals surface area contributed by atoms with Gasteiger partial charge in [-0.3, -0.25) is 4.79 Å². The lowest BCUT2D eigenvalue weighted by atomic mass is 9.77. The lowest BCUT2D eigenvalue weighted by molar-refractivity contribution is -0.163. The van der Waals surface area contributed by atoms with Crippen molar-refractivity contribution in [2.45, 2.75) is 64.5 Å². The Kier molecular flexibility index (Phi) is 3.44. The second kappa shape index (κ2) is 4.12. The Hall–Kier alpha value is -0.570. The Morgan fingerprint density at radius 3 is 2.53 bits per heavy atom. The van der Waals surface area contributed by atoms with Gasteiger partial charge >= 0.3 is 5.97 Å². The fourth-order valence-corrected chi connectivity index (χ4v) is 2.16. The predicted octanol–water partition coefficient (Wildman–Crippen LogP) is 2.24. The Morgan fingerprint density at radius 1 is 1.47 bits per heavy atom. The van der Waals surface area contributed by atoms with Gasteiger partial charge in [-0.2, -0.15) is 0 Å². The number of carbonyl (C=O) groups excluding carboxylic acids is 1. The van der Waals surface area contributed by atoms with Gasteiger partial charge < -0.3 is 10.5 Å². The van der Waals surface area contributed by atoms with Crippen LogP contribution in [0.25, 0.3) is 0 Å². The average Bonchev–Trinajstić information content (AvgIpc) is 2.00. The molecule has 0 aromatic heterocycles. The molecule has 88 valence electrons. The molecule has 0 aromatic carbocycles. The van der Waals surface area contributed by atoms with Crippen molar-refractivity contribution in [1.29, 1.82) is 0 Å². The number of esters is 1. The van der Waals surface area contributed by atoms with Crippen LogP contribution in [0, 0.1) is 5.92 Å². The summed E-state index contributed by atoms with van der Waals surface area (Å²) in [5.41, 5.74) is 4.94. The van der Waals surface area contributed by atoms with Gasteiger partial charge in [0.25, 0.3) is 0 Å². The van der Waals surface area contributed by atoms with E-state index >= 15 is 0 Å². The molecule has 3 heteroatoms. The molecule has 0 saturated heterocycles. The lowest BCUT2D eigenvalue weighted by Gasteiger charge is -2.36. The van der Waals surface area contributed by atoms with Crippen molar-refractivity contribution in [2.75, 3.05) is 0 Å². The second-order valence-electron chi connectivity index (χ2n) is 5.86. The third kappa shape index (κ3) is 3.49. The molecule has 0 aromatic rings. The molecule has 0 radical (unpaired) electrons. The lowest BCUT2D eigenvalue weighted by Crippen LogP contribution is -2.53. The van der Waals surface area contributed by atoms with Crippen LogP contribution in [-0.2, 0) is 9.53 Å². The van der Waals surface area contributed by atoms with E-state index in [-0.39, 0.29) is 5.97 Å². The summed E-state index contributed by atoms with van der Waals surface area (Å²) in [4.78, 5) is 11.9. The summed E-state index contributed by atoms with van der Waals surface area (Å²) in [5, 5.41) is 0. The molecule has 0 heterocycles. The van der Waals surface area contributed by atoms with Crippen molar-refractivity contribution < 1.29 is 9.53 Å². The van der Waals surface area contributed by atoms with Gasteiger partial charge in [0.05, 0.1) is 0 Å². The van der Waals surface area contributed by atoms with Crippen LogP contribution >= 0.6 is 0 Å². The van der Waals surface area contributed by atoms with Gasteiger partial charge in [0, 0.05) is 0 Å². The van der Waals surface area contributed by atoms with Gasteiger partial charge in [0.1, 0.15) is 11.1 Å². The summed E-state index contributed by atoms with van der Waals surface area (Å²) in [6.07, 6.45) is 3.70. The van der Waals surface area contributed by atoms with Crippen LogP contribution in [0.15, 0.2) is 0 Å². The maximum Gasteiger partial charge on any atom is 0.326 e. The number of ether oxygens (including phenoxy) is 1. The predicted molar refractivity (Wildman–Crippen MR) is 60.4 cm³/mol. The minimum Gasteiger partial charge on any atom is -0.459 e. The quantitative estimate of drug-likeness (QED) is 0.680. The monoisotopic (exact) mass is 213 g/mol. The first-order chi connectivity index (χ1) is 6.73. The third-order valence-corrected chi connectivity index (χ3v) is 2.84. The zero-order valence-corrected chi connectivity index (χ0v) is 10.3. The van der Waals surface area contributed by atoms with E-state index in [2.05, 4.69) is 6.92 Å². The largest absolute Gasteiger partial charge is 0.459 e. The molecule has 0 amide bonds. The van der Waals surface area contributed by atoms with Crippen molar-refractivity contribution in [3.05, 3.63) is 0 Å². The zero-order chi connectivity index (χ0) is 11.7. The third-order valence-electron chi connectivity index (χ3n) is 2.84. The molecule has 1 saturated carbocycles. The average molecular weight is 213 g/mol. The van der Waals surface area contributed by atoms with Crippen molar-refractivity contribution in [2.24, 2.45) is 11.7 Å². The van der Waals surface area contributed by atoms with Gasteiger partial charge in [-0.05, 0) is 39.5 Å². The van der Waals surface area contributed by atoms with E-state index in [0.29, 0.717) is 5.92 Å². The fourth-order valence-electron chi connectivity index (χ4n) is 2.16. The zero-order valence-electron chi connectivity index (χ0n) is 10.3. The molecule has 1 fully saturated rings. The first-order valence-corrected chi connectivity index (χ1v) is 5.75. The van der Waals surface area contributed by atoms with Gasteiger partial charge in [-0.1, -0.05) is 19.8 Å². The number of carbonyl (C=O) groups is 1. The highest BCUT2D eigenvalue weighted by Crippen LogP contribution is 2.32.